The van der Waals surface area contributed by atoms with E-state index in [2.05, 4.69) is 9.71 Å². The quantitative estimate of drug-likeness (QED) is 0.762. The van der Waals surface area contributed by atoms with E-state index in [0.717, 1.165) is 0 Å². The lowest BCUT2D eigenvalue weighted by Gasteiger charge is -2.09. The zero-order valence-corrected chi connectivity index (χ0v) is 12.6. The van der Waals surface area contributed by atoms with Gasteiger partial charge in [0.15, 0.2) is 16.6 Å². The number of hydrogen-bond donors (Lipinski definition) is 2. The molecule has 0 radical (unpaired) electrons. The molecule has 3 aromatic rings. The van der Waals surface area contributed by atoms with Crippen LogP contribution in [-0.2, 0) is 10.0 Å². The summed E-state index contributed by atoms with van der Waals surface area (Å²) in [4.78, 5) is 4.37. The molecule has 0 saturated carbocycles. The second-order valence-electron chi connectivity index (χ2n) is 4.06. The maximum Gasteiger partial charge on any atom is 0.281 e. The number of fused-ring (bicyclic) bond motifs is 1. The Bertz CT molecular complexity index is 935. The Morgan fingerprint density at radius 1 is 1.43 bits per heavy atom. The second-order valence-corrected chi connectivity index (χ2v) is 6.94. The van der Waals surface area contributed by atoms with Crippen LogP contribution in [0.5, 0.6) is 0 Å². The summed E-state index contributed by atoms with van der Waals surface area (Å²) in [6.45, 7) is 0. The highest BCUT2D eigenvalue weighted by molar-refractivity contribution is 7.92. The monoisotopic (exact) mass is 346 g/mol. The van der Waals surface area contributed by atoms with Gasteiger partial charge in [0.2, 0.25) is 5.03 Å². The number of aromatic nitrogens is 2. The number of rotatable bonds is 3. The van der Waals surface area contributed by atoms with E-state index in [1.807, 2.05) is 0 Å². The van der Waals surface area contributed by atoms with Gasteiger partial charge in [-0.1, -0.05) is 17.7 Å². The fourth-order valence-electron chi connectivity index (χ4n) is 1.82. The minimum Gasteiger partial charge on any atom is -0.381 e. The summed E-state index contributed by atoms with van der Waals surface area (Å²) in [7, 11) is -4.10. The van der Waals surface area contributed by atoms with Crippen LogP contribution in [0.25, 0.3) is 4.96 Å². The standard InChI is InChI=1S/C11H8ClFN4O2S2/c12-6-2-1-3-7(8(6)13)16-21(18,19)10-9(14)15-11-17(10)4-5-20-11/h1-5,16H,14H2. The molecule has 0 aliphatic heterocycles. The third-order valence-electron chi connectivity index (χ3n) is 2.69. The first-order chi connectivity index (χ1) is 9.90. The fourth-order valence-corrected chi connectivity index (χ4v) is 4.05. The van der Waals surface area contributed by atoms with E-state index in [-0.39, 0.29) is 21.6 Å². The normalized spacial score (nSPS) is 11.9. The largest absolute Gasteiger partial charge is 0.381 e. The van der Waals surface area contributed by atoms with Gasteiger partial charge in [-0.15, -0.1) is 11.3 Å². The average Bonchev–Trinajstić information content (AvgIpc) is 2.94. The molecule has 3 rings (SSSR count). The molecule has 3 N–H and O–H groups in total. The minimum atomic E-state index is -4.10. The van der Waals surface area contributed by atoms with Gasteiger partial charge >= 0.3 is 0 Å². The number of nitrogens with zero attached hydrogens (tertiary/aromatic N) is 2. The maximum absolute atomic E-state index is 13.8. The Balaban J connectivity index is 2.11. The summed E-state index contributed by atoms with van der Waals surface area (Å²) in [5, 5.41) is 1.25. The number of imidazole rings is 1. The van der Waals surface area contributed by atoms with Crippen LogP contribution < -0.4 is 10.5 Å². The molecule has 0 unspecified atom stereocenters. The number of nitrogen functional groups attached to an aromatic ring is 1. The predicted molar refractivity (Wildman–Crippen MR) is 79.7 cm³/mol. The number of thiazole rings is 1. The first kappa shape index (κ1) is 14.1. The van der Waals surface area contributed by atoms with E-state index in [1.54, 1.807) is 5.38 Å². The molecule has 0 aliphatic carbocycles. The molecule has 6 nitrogen and oxygen atoms in total. The number of anilines is 2. The van der Waals surface area contributed by atoms with Crippen molar-refractivity contribution in [2.45, 2.75) is 5.03 Å². The lowest BCUT2D eigenvalue weighted by molar-refractivity contribution is 0.595. The number of nitrogens with two attached hydrogens (primary N) is 1. The predicted octanol–water partition coefficient (Wildman–Crippen LogP) is 2.57. The van der Waals surface area contributed by atoms with Crippen LogP contribution in [-0.4, -0.2) is 17.8 Å². The highest BCUT2D eigenvalue weighted by Crippen LogP contribution is 2.28. The summed E-state index contributed by atoms with van der Waals surface area (Å²) in [5.74, 6) is -1.01. The zero-order valence-electron chi connectivity index (χ0n) is 10.2. The smallest absolute Gasteiger partial charge is 0.281 e. The zero-order chi connectivity index (χ0) is 15.2. The molecule has 2 heterocycles. The molecule has 0 bridgehead atoms. The lowest BCUT2D eigenvalue weighted by atomic mass is 10.3. The molecule has 0 spiro atoms. The van der Waals surface area contributed by atoms with Crippen molar-refractivity contribution < 1.29 is 12.8 Å². The van der Waals surface area contributed by atoms with E-state index < -0.39 is 15.8 Å². The summed E-state index contributed by atoms with van der Waals surface area (Å²) < 4.78 is 42.1. The van der Waals surface area contributed by atoms with Gasteiger partial charge < -0.3 is 5.73 Å². The Labute approximate surface area is 128 Å². The number of halogens is 2. The van der Waals surface area contributed by atoms with Gasteiger partial charge in [-0.05, 0) is 12.1 Å². The third-order valence-corrected chi connectivity index (χ3v) is 5.15. The van der Waals surface area contributed by atoms with Crippen LogP contribution in [0.1, 0.15) is 0 Å². The number of nitrogens with one attached hydrogen (secondary N) is 1. The summed E-state index contributed by atoms with van der Waals surface area (Å²) in [6.07, 6.45) is 1.52. The molecule has 0 atom stereocenters. The van der Waals surface area contributed by atoms with E-state index in [4.69, 9.17) is 17.3 Å². The van der Waals surface area contributed by atoms with Gasteiger partial charge in [0.05, 0.1) is 10.7 Å². The topological polar surface area (TPSA) is 89.5 Å². The van der Waals surface area contributed by atoms with Crippen molar-refractivity contribution in [2.24, 2.45) is 0 Å². The molecular weight excluding hydrogens is 339 g/mol. The molecule has 0 saturated heterocycles. The van der Waals surface area contributed by atoms with Crippen LogP contribution >= 0.6 is 22.9 Å². The fraction of sp³-hybridized carbons (Fsp3) is 0. The van der Waals surface area contributed by atoms with E-state index in [1.165, 1.54) is 40.1 Å². The summed E-state index contributed by atoms with van der Waals surface area (Å²) >= 11 is 6.86. The van der Waals surface area contributed by atoms with Crippen LogP contribution in [0, 0.1) is 5.82 Å². The van der Waals surface area contributed by atoms with E-state index >= 15 is 0 Å². The van der Waals surface area contributed by atoms with Crippen molar-refractivity contribution in [3.63, 3.8) is 0 Å². The second kappa shape index (κ2) is 4.86. The molecule has 0 amide bonds. The number of sulfonamides is 1. The SMILES string of the molecule is Nc1nc2sccn2c1S(=O)(=O)Nc1cccc(Cl)c1F. The third kappa shape index (κ3) is 2.33. The van der Waals surface area contributed by atoms with Crippen molar-refractivity contribution in [1.82, 2.24) is 9.38 Å². The van der Waals surface area contributed by atoms with Gasteiger partial charge in [0.1, 0.15) is 0 Å². The molecule has 1 aromatic carbocycles. The molecule has 21 heavy (non-hydrogen) atoms. The lowest BCUT2D eigenvalue weighted by Crippen LogP contribution is -2.17. The van der Waals surface area contributed by atoms with Gasteiger partial charge in [-0.2, -0.15) is 8.42 Å². The van der Waals surface area contributed by atoms with Crippen molar-refractivity contribution in [1.29, 1.82) is 0 Å². The maximum atomic E-state index is 13.8. The first-order valence-electron chi connectivity index (χ1n) is 5.58. The van der Waals surface area contributed by atoms with Gasteiger partial charge in [0, 0.05) is 11.6 Å². The van der Waals surface area contributed by atoms with Crippen molar-refractivity contribution >= 4 is 49.4 Å². The molecule has 0 aliphatic rings. The summed E-state index contributed by atoms with van der Waals surface area (Å²) in [6, 6.07) is 4.02. The van der Waals surface area contributed by atoms with E-state index in [9.17, 15) is 12.8 Å². The Hall–Kier alpha value is -1.84. The van der Waals surface area contributed by atoms with Gasteiger partial charge in [-0.25, -0.2) is 9.37 Å². The van der Waals surface area contributed by atoms with Gasteiger partial charge in [-0.3, -0.25) is 9.12 Å². The highest BCUT2D eigenvalue weighted by atomic mass is 35.5. The molecule has 110 valence electrons. The van der Waals surface area contributed by atoms with Crippen LogP contribution in [0.15, 0.2) is 34.8 Å². The highest BCUT2D eigenvalue weighted by Gasteiger charge is 2.25. The first-order valence-corrected chi connectivity index (χ1v) is 8.32. The Kier molecular flexibility index (Phi) is 3.27. The van der Waals surface area contributed by atoms with Gasteiger partial charge in [0.25, 0.3) is 10.0 Å². The van der Waals surface area contributed by atoms with Crippen LogP contribution in [0.3, 0.4) is 0 Å². The number of hydrogen-bond acceptors (Lipinski definition) is 5. The Morgan fingerprint density at radius 3 is 2.95 bits per heavy atom. The minimum absolute atomic E-state index is 0.156. The number of benzene rings is 1. The molecule has 0 fully saturated rings. The van der Waals surface area contributed by atoms with Crippen LogP contribution in [0.2, 0.25) is 5.02 Å². The van der Waals surface area contributed by atoms with Crippen LogP contribution in [0.4, 0.5) is 15.9 Å². The summed E-state index contributed by atoms with van der Waals surface area (Å²) in [5.41, 5.74) is 5.38. The molecule has 2 aromatic heterocycles. The molecular formula is C11H8ClFN4O2S2. The van der Waals surface area contributed by atoms with E-state index in [0.29, 0.717) is 4.96 Å². The Morgan fingerprint density at radius 2 is 2.19 bits per heavy atom. The van der Waals surface area contributed by atoms with Crippen molar-refractivity contribution in [3.05, 3.63) is 40.6 Å². The molecule has 10 heteroatoms. The van der Waals surface area contributed by atoms with Crippen molar-refractivity contribution in [2.75, 3.05) is 10.5 Å². The average molecular weight is 347 g/mol. The van der Waals surface area contributed by atoms with Crippen molar-refractivity contribution in [3.8, 4) is 0 Å².